The predicted molar refractivity (Wildman–Crippen MR) is 146 cm³/mol. The topological polar surface area (TPSA) is 102 Å². The number of carbonyl (C=O) groups excluding carboxylic acids is 3. The van der Waals surface area contributed by atoms with Crippen LogP contribution in [0.4, 0.5) is 0 Å². The van der Waals surface area contributed by atoms with Crippen molar-refractivity contribution in [2.75, 3.05) is 20.2 Å². The van der Waals surface area contributed by atoms with Crippen molar-refractivity contribution in [3.05, 3.63) is 100 Å². The van der Waals surface area contributed by atoms with Gasteiger partial charge in [-0.25, -0.2) is 0 Å². The van der Waals surface area contributed by atoms with Crippen molar-refractivity contribution in [3.8, 4) is 5.75 Å². The number of primary amides is 1. The molecule has 0 bridgehead atoms. The summed E-state index contributed by atoms with van der Waals surface area (Å²) in [6, 6.07) is 22.6. The molecule has 2 aliphatic rings. The molecule has 0 spiro atoms. The summed E-state index contributed by atoms with van der Waals surface area (Å²) in [7, 11) is 1.21. The second-order valence-electron chi connectivity index (χ2n) is 10.1. The Morgan fingerprint density at radius 1 is 0.949 bits per heavy atom. The van der Waals surface area contributed by atoms with Gasteiger partial charge in [0.1, 0.15) is 18.3 Å². The molecule has 39 heavy (non-hydrogen) atoms. The molecular weight excluding hydrogens is 494 g/mol. The highest BCUT2D eigenvalue weighted by Crippen LogP contribution is 2.32. The molecule has 8 nitrogen and oxygen atoms in total. The second kappa shape index (κ2) is 11.7. The molecule has 202 valence electrons. The first kappa shape index (κ1) is 26.4. The third-order valence-corrected chi connectivity index (χ3v) is 7.55. The largest absolute Gasteiger partial charge is 0.489 e. The first-order chi connectivity index (χ1) is 18.9. The van der Waals surface area contributed by atoms with Crippen LogP contribution in [0.15, 0.2) is 66.7 Å². The van der Waals surface area contributed by atoms with Crippen LogP contribution in [0.3, 0.4) is 0 Å². The van der Waals surface area contributed by atoms with Gasteiger partial charge in [-0.15, -0.1) is 0 Å². The molecule has 0 aliphatic carbocycles. The molecule has 2 amide bonds. The molecule has 2 aliphatic heterocycles. The summed E-state index contributed by atoms with van der Waals surface area (Å²) in [5, 5.41) is 0. The lowest BCUT2D eigenvalue weighted by atomic mass is 9.99. The van der Waals surface area contributed by atoms with Crippen LogP contribution in [-0.4, -0.2) is 47.8 Å². The van der Waals surface area contributed by atoms with Gasteiger partial charge in [0.25, 0.3) is 5.91 Å². The Morgan fingerprint density at radius 2 is 1.69 bits per heavy atom. The number of hydrogen-bond acceptors (Lipinski definition) is 6. The quantitative estimate of drug-likeness (QED) is 0.320. The van der Waals surface area contributed by atoms with Gasteiger partial charge in [-0.05, 0) is 47.2 Å². The van der Waals surface area contributed by atoms with Crippen LogP contribution in [0, 0.1) is 5.92 Å². The molecule has 3 aromatic rings. The number of ether oxygens (including phenoxy) is 2. The monoisotopic (exact) mass is 527 g/mol. The van der Waals surface area contributed by atoms with E-state index in [0.717, 1.165) is 37.2 Å². The maximum Gasteiger partial charge on any atom is 0.318 e. The average molecular weight is 528 g/mol. The van der Waals surface area contributed by atoms with Gasteiger partial charge in [-0.3, -0.25) is 19.3 Å². The minimum atomic E-state index is -1.09. The molecule has 0 fully saturated rings. The van der Waals surface area contributed by atoms with Crippen LogP contribution in [0.5, 0.6) is 5.75 Å². The van der Waals surface area contributed by atoms with Crippen molar-refractivity contribution in [2.24, 2.45) is 11.7 Å². The third-order valence-electron chi connectivity index (χ3n) is 7.55. The van der Waals surface area contributed by atoms with Crippen LogP contribution in [0.2, 0.25) is 0 Å². The third kappa shape index (κ3) is 5.96. The lowest BCUT2D eigenvalue weighted by Gasteiger charge is -2.28. The van der Waals surface area contributed by atoms with E-state index in [1.54, 1.807) is 17.0 Å². The molecule has 5 rings (SSSR count). The minimum absolute atomic E-state index is 0.105. The van der Waals surface area contributed by atoms with Crippen LogP contribution >= 0.6 is 0 Å². The fourth-order valence-corrected chi connectivity index (χ4v) is 5.33. The number of amides is 2. The smallest absolute Gasteiger partial charge is 0.318 e. The summed E-state index contributed by atoms with van der Waals surface area (Å²) in [6.07, 6.45) is 1.19. The predicted octanol–water partition coefficient (Wildman–Crippen LogP) is 3.44. The summed E-state index contributed by atoms with van der Waals surface area (Å²) in [5.74, 6) is -2.05. The van der Waals surface area contributed by atoms with Gasteiger partial charge in [-0.2, -0.15) is 0 Å². The molecule has 2 heterocycles. The SMILES string of the molecule is COC(=O)C(CCN1Cc2c(OCc3ccc(CN4CCc5ccccc5C4)cc3)cccc2C1=O)C(N)=O. The first-order valence-electron chi connectivity index (χ1n) is 13.2. The normalized spacial score (nSPS) is 15.4. The van der Waals surface area contributed by atoms with Gasteiger partial charge in [-0.1, -0.05) is 54.6 Å². The Morgan fingerprint density at radius 3 is 2.44 bits per heavy atom. The number of hydrogen-bond donors (Lipinski definition) is 1. The number of fused-ring (bicyclic) bond motifs is 2. The van der Waals surface area contributed by atoms with E-state index in [-0.39, 0.29) is 18.9 Å². The molecular formula is C31H33N3O5. The van der Waals surface area contributed by atoms with Gasteiger partial charge in [0.15, 0.2) is 0 Å². The number of carbonyl (C=O) groups is 3. The van der Waals surface area contributed by atoms with E-state index >= 15 is 0 Å². The van der Waals surface area contributed by atoms with E-state index in [1.807, 2.05) is 6.07 Å². The van der Waals surface area contributed by atoms with Gasteiger partial charge < -0.3 is 20.1 Å². The number of nitrogens with two attached hydrogens (primary N) is 1. The van der Waals surface area contributed by atoms with Crippen molar-refractivity contribution >= 4 is 17.8 Å². The number of benzene rings is 3. The highest BCUT2D eigenvalue weighted by Gasteiger charge is 2.32. The Kier molecular flexibility index (Phi) is 7.93. The molecule has 0 saturated carbocycles. The maximum absolute atomic E-state index is 12.9. The number of methoxy groups -OCH3 is 1. The standard InChI is InChI=1S/C31H33N3O5/c1-38-31(37)26(29(32)35)14-16-34-19-27-25(30(34)36)7-4-8-28(27)39-20-22-11-9-21(10-12-22)17-33-15-13-23-5-2-3-6-24(23)18-33/h2-12,26H,13-20H2,1H3,(H2,32,35). The first-order valence-corrected chi connectivity index (χ1v) is 13.2. The van der Waals surface area contributed by atoms with Crippen molar-refractivity contribution in [1.82, 2.24) is 9.80 Å². The Labute approximate surface area is 228 Å². The zero-order valence-electron chi connectivity index (χ0n) is 22.1. The Balaban J connectivity index is 1.17. The summed E-state index contributed by atoms with van der Waals surface area (Å²) in [5.41, 5.74) is 11.9. The summed E-state index contributed by atoms with van der Waals surface area (Å²) in [6.45, 7) is 3.87. The molecule has 1 atom stereocenters. The van der Waals surface area contributed by atoms with E-state index in [9.17, 15) is 14.4 Å². The van der Waals surface area contributed by atoms with E-state index < -0.39 is 17.8 Å². The maximum atomic E-state index is 12.9. The lowest BCUT2D eigenvalue weighted by molar-refractivity contribution is -0.149. The van der Waals surface area contributed by atoms with Crippen molar-refractivity contribution in [1.29, 1.82) is 0 Å². The molecule has 0 saturated heterocycles. The number of esters is 1. The molecule has 8 heteroatoms. The highest BCUT2D eigenvalue weighted by molar-refractivity contribution is 5.99. The molecule has 3 aromatic carbocycles. The molecule has 1 unspecified atom stereocenters. The zero-order valence-corrected chi connectivity index (χ0v) is 22.1. The average Bonchev–Trinajstić information content (AvgIpc) is 3.28. The fraction of sp³-hybridized carbons (Fsp3) is 0.323. The molecule has 0 radical (unpaired) electrons. The summed E-state index contributed by atoms with van der Waals surface area (Å²) >= 11 is 0. The van der Waals surface area contributed by atoms with Crippen LogP contribution in [0.1, 0.15) is 44.6 Å². The lowest BCUT2D eigenvalue weighted by Crippen LogP contribution is -2.35. The van der Waals surface area contributed by atoms with E-state index in [1.165, 1.54) is 23.8 Å². The van der Waals surface area contributed by atoms with Crippen LogP contribution in [0.25, 0.3) is 0 Å². The van der Waals surface area contributed by atoms with Crippen molar-refractivity contribution in [2.45, 2.75) is 39.1 Å². The van der Waals surface area contributed by atoms with Crippen LogP contribution < -0.4 is 10.5 Å². The van der Waals surface area contributed by atoms with E-state index in [4.69, 9.17) is 10.5 Å². The van der Waals surface area contributed by atoms with Gasteiger partial charge >= 0.3 is 5.97 Å². The zero-order chi connectivity index (χ0) is 27.4. The van der Waals surface area contributed by atoms with Crippen molar-refractivity contribution in [3.63, 3.8) is 0 Å². The van der Waals surface area contributed by atoms with E-state index in [0.29, 0.717) is 24.5 Å². The summed E-state index contributed by atoms with van der Waals surface area (Å²) < 4.78 is 10.8. The van der Waals surface area contributed by atoms with Crippen LogP contribution in [-0.2, 0) is 47.0 Å². The Hall–Kier alpha value is -4.17. The van der Waals surface area contributed by atoms with Crippen molar-refractivity contribution < 1.29 is 23.9 Å². The van der Waals surface area contributed by atoms with Gasteiger partial charge in [0.2, 0.25) is 5.91 Å². The summed E-state index contributed by atoms with van der Waals surface area (Å²) in [4.78, 5) is 40.5. The number of rotatable bonds is 10. The minimum Gasteiger partial charge on any atom is -0.489 e. The van der Waals surface area contributed by atoms with Gasteiger partial charge in [0.05, 0.1) is 13.7 Å². The highest BCUT2D eigenvalue weighted by atomic mass is 16.5. The van der Waals surface area contributed by atoms with Gasteiger partial charge in [0, 0.05) is 37.3 Å². The Bertz CT molecular complexity index is 1370. The molecule has 0 aromatic heterocycles. The number of nitrogens with zero attached hydrogens (tertiary/aromatic N) is 2. The van der Waals surface area contributed by atoms with E-state index in [2.05, 4.69) is 58.2 Å². The second-order valence-corrected chi connectivity index (χ2v) is 10.1. The fourth-order valence-electron chi connectivity index (χ4n) is 5.33. The molecule has 2 N–H and O–H groups in total.